The lowest BCUT2D eigenvalue weighted by Gasteiger charge is -2.35. The van der Waals surface area contributed by atoms with Crippen molar-refractivity contribution in [2.45, 2.75) is 37.8 Å². The molecule has 4 rings (SSSR count). The first kappa shape index (κ1) is 26.7. The minimum absolute atomic E-state index is 0.0351. The van der Waals surface area contributed by atoms with E-state index in [4.69, 9.17) is 16.3 Å². The van der Waals surface area contributed by atoms with Gasteiger partial charge < -0.3 is 15.2 Å². The summed E-state index contributed by atoms with van der Waals surface area (Å²) in [5, 5.41) is 15.9. The normalized spacial score (nSPS) is 22.8. The fraction of sp³-hybridized carbons (Fsp3) is 0.435. The zero-order valence-electron chi connectivity index (χ0n) is 19.4. The molecule has 1 aliphatic carbocycles. The number of methoxy groups -OCH3 is 1. The predicted molar refractivity (Wildman–Crippen MR) is 135 cm³/mol. The van der Waals surface area contributed by atoms with Gasteiger partial charge in [-0.25, -0.2) is 27.3 Å². The molecule has 13 heteroatoms. The van der Waals surface area contributed by atoms with E-state index in [0.29, 0.717) is 47.8 Å². The van der Waals surface area contributed by atoms with E-state index in [2.05, 4.69) is 20.0 Å². The highest BCUT2D eigenvalue weighted by atomic mass is 35.5. The van der Waals surface area contributed by atoms with Crippen LogP contribution >= 0.6 is 22.9 Å². The molecular formula is C23H26ClFN4O5S2. The highest BCUT2D eigenvalue weighted by Gasteiger charge is 2.37. The van der Waals surface area contributed by atoms with Crippen molar-refractivity contribution in [2.75, 3.05) is 19.5 Å². The highest BCUT2D eigenvalue weighted by Crippen LogP contribution is 2.40. The number of halogens is 2. The molecule has 2 aliphatic rings. The van der Waals surface area contributed by atoms with Crippen LogP contribution in [0, 0.1) is 11.7 Å². The molecule has 3 N–H and O–H groups in total. The molecule has 1 atom stereocenters. The van der Waals surface area contributed by atoms with E-state index < -0.39 is 27.9 Å². The van der Waals surface area contributed by atoms with Gasteiger partial charge in [-0.15, -0.1) is 11.3 Å². The number of benzene rings is 1. The van der Waals surface area contributed by atoms with Gasteiger partial charge >= 0.3 is 5.97 Å². The number of nitrogens with zero attached hydrogens (tertiary/aromatic N) is 2. The molecule has 9 nitrogen and oxygen atoms in total. The summed E-state index contributed by atoms with van der Waals surface area (Å²) in [6.45, 7) is 0.107. The van der Waals surface area contributed by atoms with Crippen molar-refractivity contribution in [1.29, 1.82) is 0 Å². The second-order valence-corrected chi connectivity index (χ2v) is 11.8. The Morgan fingerprint density at radius 3 is 2.69 bits per heavy atom. The molecule has 2 aromatic rings. The number of aliphatic imine (C=N–C) groups is 1. The summed E-state index contributed by atoms with van der Waals surface area (Å²) in [5.41, 5.74) is 0.907. The van der Waals surface area contributed by atoms with Gasteiger partial charge in [-0.1, -0.05) is 17.7 Å². The lowest BCUT2D eigenvalue weighted by molar-refractivity contribution is -0.133. The zero-order valence-corrected chi connectivity index (χ0v) is 21.8. The number of carbonyl (C=O) groups is 1. The average Bonchev–Trinajstić information content (AvgIpc) is 3.37. The van der Waals surface area contributed by atoms with Crippen molar-refractivity contribution in [3.05, 3.63) is 62.5 Å². The van der Waals surface area contributed by atoms with Gasteiger partial charge in [-0.3, -0.25) is 4.99 Å². The summed E-state index contributed by atoms with van der Waals surface area (Å²) < 4.78 is 45.8. The molecule has 0 spiro atoms. The molecule has 0 bridgehead atoms. The number of hydrogen-bond donors (Lipinski definition) is 3. The largest absolute Gasteiger partial charge is 0.478 e. The first-order valence-electron chi connectivity index (χ1n) is 11.3. The SMILES string of the molecule is COCCS(=O)(=O)NC1CCC(C2=C(C(=O)O)C(c3ccc(F)cc3Cl)N=C(c3nccs3)N2)CC1. The number of aromatic nitrogens is 1. The number of sulfonamides is 1. The number of hydrogen-bond acceptors (Lipinski definition) is 8. The van der Waals surface area contributed by atoms with Crippen molar-refractivity contribution < 1.29 is 27.4 Å². The maximum atomic E-state index is 13.7. The van der Waals surface area contributed by atoms with E-state index >= 15 is 0 Å². The van der Waals surface area contributed by atoms with Gasteiger partial charge in [-0.2, -0.15) is 0 Å². The Morgan fingerprint density at radius 2 is 2.08 bits per heavy atom. The molecule has 1 saturated carbocycles. The Morgan fingerprint density at radius 1 is 1.33 bits per heavy atom. The van der Waals surface area contributed by atoms with E-state index in [-0.39, 0.29) is 34.9 Å². The number of carboxylic acid groups (broad SMARTS) is 1. The predicted octanol–water partition coefficient (Wildman–Crippen LogP) is 3.49. The van der Waals surface area contributed by atoms with Gasteiger partial charge in [0.25, 0.3) is 0 Å². The third-order valence-corrected chi connectivity index (χ3v) is 8.74. The Kier molecular flexibility index (Phi) is 8.41. The zero-order chi connectivity index (χ0) is 25.9. The molecule has 1 aliphatic heterocycles. The Hall–Kier alpha value is -2.38. The number of nitrogens with one attached hydrogen (secondary N) is 2. The number of carboxylic acids is 1. The number of allylic oxidation sites excluding steroid dienone is 1. The average molecular weight is 557 g/mol. The smallest absolute Gasteiger partial charge is 0.335 e. The van der Waals surface area contributed by atoms with Crippen molar-refractivity contribution in [3.63, 3.8) is 0 Å². The van der Waals surface area contributed by atoms with Crippen LogP contribution in [-0.2, 0) is 19.6 Å². The van der Waals surface area contributed by atoms with Crippen molar-refractivity contribution in [2.24, 2.45) is 10.9 Å². The number of ether oxygens (including phenoxy) is 1. The van der Waals surface area contributed by atoms with E-state index in [0.717, 1.165) is 6.07 Å². The van der Waals surface area contributed by atoms with Crippen LogP contribution in [0.25, 0.3) is 0 Å². The first-order valence-corrected chi connectivity index (χ1v) is 14.3. The van der Waals surface area contributed by atoms with Crippen LogP contribution in [0.1, 0.15) is 42.3 Å². The van der Waals surface area contributed by atoms with Crippen LogP contribution in [-0.4, -0.2) is 55.8 Å². The van der Waals surface area contributed by atoms with Gasteiger partial charge in [0.15, 0.2) is 10.8 Å². The van der Waals surface area contributed by atoms with Gasteiger partial charge in [0, 0.05) is 41.0 Å². The summed E-state index contributed by atoms with van der Waals surface area (Å²) in [6.07, 6.45) is 3.83. The maximum Gasteiger partial charge on any atom is 0.335 e. The fourth-order valence-electron chi connectivity index (χ4n) is 4.53. The maximum absolute atomic E-state index is 13.7. The monoisotopic (exact) mass is 556 g/mol. The third-order valence-electron chi connectivity index (χ3n) is 6.24. The van der Waals surface area contributed by atoms with Crippen LogP contribution in [0.15, 0.2) is 46.0 Å². The quantitative estimate of drug-likeness (QED) is 0.431. The Bertz CT molecular complexity index is 1280. The topological polar surface area (TPSA) is 130 Å². The van der Waals surface area contributed by atoms with Crippen LogP contribution in [0.5, 0.6) is 0 Å². The summed E-state index contributed by atoms with van der Waals surface area (Å²) in [4.78, 5) is 21.4. The molecule has 1 fully saturated rings. The molecule has 1 unspecified atom stereocenters. The van der Waals surface area contributed by atoms with Crippen molar-refractivity contribution in [3.8, 4) is 0 Å². The highest BCUT2D eigenvalue weighted by molar-refractivity contribution is 7.89. The van der Waals surface area contributed by atoms with Gasteiger partial charge in [-0.05, 0) is 43.7 Å². The molecular weight excluding hydrogens is 531 g/mol. The molecule has 2 heterocycles. The molecule has 0 radical (unpaired) electrons. The summed E-state index contributed by atoms with van der Waals surface area (Å²) in [7, 11) is -2.02. The third kappa shape index (κ3) is 6.12. The van der Waals surface area contributed by atoms with Gasteiger partial charge in [0.05, 0.1) is 17.9 Å². The fourth-order valence-corrected chi connectivity index (χ4v) is 6.63. The molecule has 1 aromatic carbocycles. The van der Waals surface area contributed by atoms with Crippen LogP contribution in [0.4, 0.5) is 4.39 Å². The number of amidine groups is 1. The van der Waals surface area contributed by atoms with E-state index in [1.807, 2.05) is 0 Å². The summed E-state index contributed by atoms with van der Waals surface area (Å²) in [5.74, 6) is -1.57. The van der Waals surface area contributed by atoms with Crippen molar-refractivity contribution >= 4 is 44.8 Å². The molecule has 0 saturated heterocycles. The van der Waals surface area contributed by atoms with Crippen LogP contribution < -0.4 is 10.0 Å². The molecule has 1 aromatic heterocycles. The van der Waals surface area contributed by atoms with Crippen LogP contribution in [0.2, 0.25) is 5.02 Å². The second kappa shape index (κ2) is 11.3. The Labute approximate surface area is 217 Å². The van der Waals surface area contributed by atoms with Gasteiger partial charge in [0.2, 0.25) is 10.0 Å². The van der Waals surface area contributed by atoms with Crippen LogP contribution in [0.3, 0.4) is 0 Å². The van der Waals surface area contributed by atoms with E-state index in [1.165, 1.54) is 30.6 Å². The summed E-state index contributed by atoms with van der Waals surface area (Å²) in [6, 6.07) is 2.61. The van der Waals surface area contributed by atoms with Crippen molar-refractivity contribution in [1.82, 2.24) is 15.0 Å². The van der Waals surface area contributed by atoms with E-state index in [9.17, 15) is 22.7 Å². The standard InChI is InChI=1S/C23H26ClFN4O5S2/c1-34-9-11-36(32,33)29-15-5-2-13(3-6-15)19-18(23(30)31)20(16-7-4-14(25)12-17(16)24)28-21(27-19)22-26-8-10-35-22/h4,7-8,10,12-13,15,20,29H,2-3,5-6,9,11H2,1H3,(H,27,28)(H,30,31). The number of thiazole rings is 1. The minimum Gasteiger partial charge on any atom is -0.478 e. The molecule has 194 valence electrons. The molecule has 0 amide bonds. The molecule has 36 heavy (non-hydrogen) atoms. The van der Waals surface area contributed by atoms with Gasteiger partial charge in [0.1, 0.15) is 11.9 Å². The summed E-state index contributed by atoms with van der Waals surface area (Å²) >= 11 is 7.67. The minimum atomic E-state index is -3.47. The lowest BCUT2D eigenvalue weighted by Crippen LogP contribution is -2.42. The van der Waals surface area contributed by atoms with E-state index in [1.54, 1.807) is 11.6 Å². The lowest BCUT2D eigenvalue weighted by atomic mass is 9.80. The number of aliphatic carboxylic acids is 1. The second-order valence-electron chi connectivity index (χ2n) is 8.62. The Balaban J connectivity index is 1.64. The number of rotatable bonds is 9. The first-order chi connectivity index (χ1) is 17.2.